The van der Waals surface area contributed by atoms with Gasteiger partial charge in [0.1, 0.15) is 11.5 Å². The molecule has 1 aliphatic heterocycles. The highest BCUT2D eigenvalue weighted by atomic mass is 16.5. The van der Waals surface area contributed by atoms with Gasteiger partial charge in [0.15, 0.2) is 6.54 Å². The maximum Gasteiger partial charge on any atom is 0.279 e. The summed E-state index contributed by atoms with van der Waals surface area (Å²) in [5.74, 6) is 1.46. The fourth-order valence-corrected chi connectivity index (χ4v) is 4.44. The molecule has 2 fully saturated rings. The molecule has 0 spiro atoms. The summed E-state index contributed by atoms with van der Waals surface area (Å²) in [7, 11) is 0. The van der Waals surface area contributed by atoms with Gasteiger partial charge in [-0.1, -0.05) is 19.3 Å². The summed E-state index contributed by atoms with van der Waals surface area (Å²) < 4.78 is 17.3. The van der Waals surface area contributed by atoms with Crippen LogP contribution in [0.4, 0.5) is 11.4 Å². The van der Waals surface area contributed by atoms with Crippen LogP contribution >= 0.6 is 0 Å². The van der Waals surface area contributed by atoms with Crippen molar-refractivity contribution >= 4 is 17.3 Å². The van der Waals surface area contributed by atoms with Gasteiger partial charge in [-0.2, -0.15) is 0 Å². The Hall–Kier alpha value is -1.99. The zero-order valence-corrected chi connectivity index (χ0v) is 19.3. The van der Waals surface area contributed by atoms with E-state index >= 15 is 0 Å². The van der Waals surface area contributed by atoms with E-state index in [1.807, 2.05) is 26.0 Å². The van der Waals surface area contributed by atoms with E-state index in [1.54, 1.807) is 0 Å². The van der Waals surface area contributed by atoms with Crippen LogP contribution in [0.15, 0.2) is 12.1 Å². The summed E-state index contributed by atoms with van der Waals surface area (Å²) in [4.78, 5) is 15.0. The van der Waals surface area contributed by atoms with Gasteiger partial charge in [-0.25, -0.2) is 0 Å². The van der Waals surface area contributed by atoms with Gasteiger partial charge in [0.2, 0.25) is 0 Å². The highest BCUT2D eigenvalue weighted by Gasteiger charge is 2.21. The summed E-state index contributed by atoms with van der Waals surface area (Å²) in [5.41, 5.74) is 1.67. The van der Waals surface area contributed by atoms with Crippen molar-refractivity contribution in [3.63, 3.8) is 0 Å². The fourth-order valence-electron chi connectivity index (χ4n) is 4.44. The van der Waals surface area contributed by atoms with Crippen LogP contribution in [0, 0.1) is 0 Å². The number of rotatable bonds is 9. The highest BCUT2D eigenvalue weighted by molar-refractivity contribution is 5.94. The quantitative estimate of drug-likeness (QED) is 0.625. The van der Waals surface area contributed by atoms with Crippen molar-refractivity contribution in [2.45, 2.75) is 64.8 Å². The van der Waals surface area contributed by atoms with Crippen molar-refractivity contribution in [3.8, 4) is 11.5 Å². The Morgan fingerprint density at radius 3 is 2.35 bits per heavy atom. The molecule has 2 aliphatic rings. The van der Waals surface area contributed by atoms with Gasteiger partial charge in [0.05, 0.1) is 43.8 Å². The largest absolute Gasteiger partial charge is 0.492 e. The topological polar surface area (TPSA) is 76.6 Å². The highest BCUT2D eigenvalue weighted by Crippen LogP contribution is 2.39. The molecule has 1 heterocycles. The molecule has 174 valence electrons. The zero-order valence-electron chi connectivity index (χ0n) is 19.3. The number of morpholine rings is 1. The molecule has 1 aliphatic carbocycles. The van der Waals surface area contributed by atoms with Crippen LogP contribution in [0.2, 0.25) is 0 Å². The zero-order chi connectivity index (χ0) is 21.9. The van der Waals surface area contributed by atoms with Gasteiger partial charge in [-0.15, -0.1) is 0 Å². The van der Waals surface area contributed by atoms with Crippen LogP contribution in [-0.4, -0.2) is 58.0 Å². The number of hydrogen-bond donors (Lipinski definition) is 2. The third-order valence-corrected chi connectivity index (χ3v) is 6.07. The Morgan fingerprint density at radius 2 is 1.68 bits per heavy atom. The van der Waals surface area contributed by atoms with E-state index in [0.29, 0.717) is 50.5 Å². The maximum atomic E-state index is 12.8. The molecule has 1 aromatic carbocycles. The molecule has 1 saturated carbocycles. The molecule has 1 amide bonds. The van der Waals surface area contributed by atoms with Crippen LogP contribution in [0.3, 0.4) is 0 Å². The molecular weight excluding hydrogens is 394 g/mol. The van der Waals surface area contributed by atoms with Crippen molar-refractivity contribution in [2.24, 2.45) is 0 Å². The minimum Gasteiger partial charge on any atom is -0.492 e. The molecule has 3 rings (SSSR count). The molecule has 0 bridgehead atoms. The smallest absolute Gasteiger partial charge is 0.279 e. The first-order valence-electron chi connectivity index (χ1n) is 12.1. The minimum atomic E-state index is 0.00424. The average Bonchev–Trinajstić information content (AvgIpc) is 2.75. The molecule has 7 heteroatoms. The summed E-state index contributed by atoms with van der Waals surface area (Å²) >= 11 is 0. The van der Waals surface area contributed by atoms with Gasteiger partial charge >= 0.3 is 0 Å². The standard InChI is InChI=1S/C24H39N3O4/c1-3-30-22-17-21(27-12-14-29-15-13-27)23(31-4-2)16-20(22)26-24(28)18-25-19-10-8-6-5-7-9-11-19/h16-17,19,25H,3-15,18H2,1-2H3,(H,26,28)/p+1. The molecule has 0 aromatic heterocycles. The van der Waals surface area contributed by atoms with Crippen LogP contribution in [0.25, 0.3) is 0 Å². The van der Waals surface area contributed by atoms with Crippen molar-refractivity contribution < 1.29 is 24.3 Å². The molecule has 0 unspecified atom stereocenters. The van der Waals surface area contributed by atoms with Crippen molar-refractivity contribution in [1.29, 1.82) is 0 Å². The van der Waals surface area contributed by atoms with Crippen LogP contribution in [0.1, 0.15) is 58.8 Å². The molecule has 0 radical (unpaired) electrons. The first kappa shape index (κ1) is 23.7. The van der Waals surface area contributed by atoms with Crippen LogP contribution in [-0.2, 0) is 9.53 Å². The lowest BCUT2D eigenvalue weighted by Crippen LogP contribution is -2.91. The second kappa shape index (κ2) is 12.8. The molecular formula is C24H40N3O4+. The molecule has 31 heavy (non-hydrogen) atoms. The van der Waals surface area contributed by atoms with E-state index in [9.17, 15) is 4.79 Å². The Balaban J connectivity index is 1.69. The molecule has 1 aromatic rings. The number of ether oxygens (including phenoxy) is 3. The number of nitrogens with one attached hydrogen (secondary N) is 1. The summed E-state index contributed by atoms with van der Waals surface area (Å²) in [5, 5.41) is 5.29. The third-order valence-electron chi connectivity index (χ3n) is 6.07. The van der Waals surface area contributed by atoms with E-state index in [2.05, 4.69) is 15.5 Å². The van der Waals surface area contributed by atoms with Crippen molar-refractivity contribution in [2.75, 3.05) is 56.3 Å². The average molecular weight is 435 g/mol. The Kier molecular flexibility index (Phi) is 9.75. The third kappa shape index (κ3) is 7.28. The summed E-state index contributed by atoms with van der Waals surface area (Å²) in [6.07, 6.45) is 8.97. The van der Waals surface area contributed by atoms with E-state index < -0.39 is 0 Å². The number of carbonyl (C=O) groups excluding carboxylic acids is 1. The number of carbonyl (C=O) groups is 1. The Labute approximate surface area is 186 Å². The number of benzene rings is 1. The second-order valence-corrected chi connectivity index (χ2v) is 8.37. The van der Waals surface area contributed by atoms with E-state index in [4.69, 9.17) is 14.2 Å². The van der Waals surface area contributed by atoms with E-state index in [0.717, 1.165) is 24.5 Å². The number of nitrogens with two attached hydrogens (primary N) is 1. The van der Waals surface area contributed by atoms with Gasteiger partial charge in [-0.3, -0.25) is 4.79 Å². The second-order valence-electron chi connectivity index (χ2n) is 8.37. The number of quaternary nitrogens is 1. The van der Waals surface area contributed by atoms with Crippen molar-refractivity contribution in [3.05, 3.63) is 12.1 Å². The minimum absolute atomic E-state index is 0.00424. The van der Waals surface area contributed by atoms with Gasteiger partial charge in [0, 0.05) is 25.2 Å². The summed E-state index contributed by atoms with van der Waals surface area (Å²) in [6, 6.07) is 4.46. The predicted octanol–water partition coefficient (Wildman–Crippen LogP) is 2.94. The van der Waals surface area contributed by atoms with Crippen LogP contribution < -0.4 is 25.0 Å². The number of anilines is 2. The normalized spacial score (nSPS) is 18.2. The number of amides is 1. The first-order chi connectivity index (χ1) is 15.2. The SMILES string of the molecule is CCOc1cc(N2CCOCC2)c(OCC)cc1NC(=O)C[NH2+]C1CCCCCCC1. The van der Waals surface area contributed by atoms with Crippen LogP contribution in [0.5, 0.6) is 11.5 Å². The van der Waals surface area contributed by atoms with Gasteiger partial charge in [0.25, 0.3) is 5.91 Å². The lowest BCUT2D eigenvalue weighted by atomic mass is 9.97. The van der Waals surface area contributed by atoms with Gasteiger partial charge in [-0.05, 0) is 39.5 Å². The molecule has 1 saturated heterocycles. The van der Waals surface area contributed by atoms with Crippen molar-refractivity contribution in [1.82, 2.24) is 0 Å². The lowest BCUT2D eigenvalue weighted by molar-refractivity contribution is -0.680. The predicted molar refractivity (Wildman–Crippen MR) is 123 cm³/mol. The van der Waals surface area contributed by atoms with E-state index in [-0.39, 0.29) is 5.91 Å². The molecule has 3 N–H and O–H groups in total. The van der Waals surface area contributed by atoms with Gasteiger partial charge < -0.3 is 29.7 Å². The Bertz CT molecular complexity index is 684. The molecule has 7 nitrogen and oxygen atoms in total. The monoisotopic (exact) mass is 434 g/mol. The first-order valence-corrected chi connectivity index (χ1v) is 12.1. The maximum absolute atomic E-state index is 12.8. The number of hydrogen-bond acceptors (Lipinski definition) is 5. The lowest BCUT2D eigenvalue weighted by Gasteiger charge is -2.31. The Morgan fingerprint density at radius 1 is 1.03 bits per heavy atom. The van der Waals surface area contributed by atoms with E-state index in [1.165, 1.54) is 44.9 Å². The fraction of sp³-hybridized carbons (Fsp3) is 0.708. The molecule has 0 atom stereocenters. The summed E-state index contributed by atoms with van der Waals surface area (Å²) in [6.45, 7) is 8.49. The number of nitrogens with zero attached hydrogens (tertiary/aromatic N) is 1.